The normalized spacial score (nSPS) is 10.9. The number of anilines is 1. The molecule has 12 heteroatoms. The van der Waals surface area contributed by atoms with Gasteiger partial charge in [0.2, 0.25) is 5.88 Å². The second kappa shape index (κ2) is 11.4. The fourth-order valence-electron chi connectivity index (χ4n) is 3.15. The first kappa shape index (κ1) is 26.2. The highest BCUT2D eigenvalue weighted by atomic mass is 79.9. The zero-order valence-corrected chi connectivity index (χ0v) is 23.0. The van der Waals surface area contributed by atoms with Crippen LogP contribution in [0, 0.1) is 5.92 Å². The molecule has 3 heterocycles. The zero-order chi connectivity index (χ0) is 25.8. The van der Waals surface area contributed by atoms with Crippen LogP contribution in [0.2, 0.25) is 10.0 Å². The molecule has 4 rings (SSSR count). The second-order valence-electron chi connectivity index (χ2n) is 8.02. The molecular weight excluding hydrogens is 589 g/mol. The lowest BCUT2D eigenvalue weighted by Crippen LogP contribution is -2.29. The molecule has 0 aliphatic rings. The van der Waals surface area contributed by atoms with E-state index in [-0.39, 0.29) is 45.5 Å². The molecule has 0 aliphatic heterocycles. The Hall–Kier alpha value is -2.92. The van der Waals surface area contributed by atoms with Gasteiger partial charge in [-0.2, -0.15) is 0 Å². The van der Waals surface area contributed by atoms with Gasteiger partial charge in [-0.05, 0) is 57.6 Å². The lowest BCUT2D eigenvalue weighted by atomic mass is 10.1. The Balaban J connectivity index is 1.72. The van der Waals surface area contributed by atoms with E-state index in [1.807, 2.05) is 19.2 Å². The summed E-state index contributed by atoms with van der Waals surface area (Å²) in [6.45, 7) is 4.43. The van der Waals surface area contributed by atoms with E-state index in [0.717, 1.165) is 0 Å². The topological polar surface area (TPSA) is 98.1 Å². The summed E-state index contributed by atoms with van der Waals surface area (Å²) in [4.78, 5) is 30.7. The number of hydrogen-bond donors (Lipinski definition) is 2. The molecule has 0 spiro atoms. The molecule has 1 aromatic carbocycles. The third kappa shape index (κ3) is 6.07. The first-order valence-electron chi connectivity index (χ1n) is 10.7. The number of nitrogens with one attached hydrogen (secondary N) is 2. The molecule has 186 valence electrons. The summed E-state index contributed by atoms with van der Waals surface area (Å²) in [5.74, 6) is 0.303. The Morgan fingerprint density at radius 3 is 2.69 bits per heavy atom. The van der Waals surface area contributed by atoms with Crippen LogP contribution < -0.4 is 15.4 Å². The molecular formula is C24H20BrCl2N5O3S. The van der Waals surface area contributed by atoms with Crippen LogP contribution in [0.5, 0.6) is 11.6 Å². The summed E-state index contributed by atoms with van der Waals surface area (Å²) in [6, 6.07) is 9.65. The number of pyridine rings is 1. The van der Waals surface area contributed by atoms with Gasteiger partial charge in [-0.1, -0.05) is 37.0 Å². The van der Waals surface area contributed by atoms with Gasteiger partial charge in [-0.25, -0.2) is 9.67 Å². The molecule has 3 aromatic heterocycles. The Morgan fingerprint density at radius 1 is 1.19 bits per heavy atom. The monoisotopic (exact) mass is 607 g/mol. The fraction of sp³-hybridized carbons (Fsp3) is 0.167. The largest absolute Gasteiger partial charge is 0.437 e. The maximum atomic E-state index is 13.5. The molecule has 4 aromatic rings. The van der Waals surface area contributed by atoms with Crippen molar-refractivity contribution in [2.24, 2.45) is 5.92 Å². The molecule has 0 unspecified atom stereocenters. The number of hydrogen-bond acceptors (Lipinski definition) is 6. The van der Waals surface area contributed by atoms with Gasteiger partial charge in [0.15, 0.2) is 5.82 Å². The summed E-state index contributed by atoms with van der Waals surface area (Å²) >= 11 is 17.4. The lowest BCUT2D eigenvalue weighted by molar-refractivity contribution is 0.0950. The minimum atomic E-state index is -0.565. The summed E-state index contributed by atoms with van der Waals surface area (Å²) in [6.07, 6.45) is 1.54. The highest BCUT2D eigenvalue weighted by molar-refractivity contribution is 9.10. The van der Waals surface area contributed by atoms with E-state index in [1.165, 1.54) is 34.3 Å². The standard InChI is InChI=1S/C24H20BrCl2N5O3S/c1-13(2)11-29-23(33)16-8-14(26)9-17(25)21(16)30-24(34)19-10-20(35-15-5-7-36-12-15)31-32(19)22-18(27)4-3-6-28-22/h3-10,12-13H,11H2,1-2H3,(H,29,33)(H,30,34). The number of halogens is 3. The molecule has 0 atom stereocenters. The molecule has 0 fully saturated rings. The summed E-state index contributed by atoms with van der Waals surface area (Å²) in [5, 5.41) is 14.3. The van der Waals surface area contributed by atoms with Crippen LogP contribution in [-0.2, 0) is 0 Å². The predicted octanol–water partition coefficient (Wildman–Crippen LogP) is 6.83. The third-order valence-electron chi connectivity index (χ3n) is 4.79. The number of aromatic nitrogens is 3. The summed E-state index contributed by atoms with van der Waals surface area (Å²) in [5.41, 5.74) is 0.558. The Bertz CT molecular complexity index is 1410. The first-order chi connectivity index (χ1) is 17.2. The smallest absolute Gasteiger partial charge is 0.274 e. The maximum absolute atomic E-state index is 13.5. The van der Waals surface area contributed by atoms with Crippen LogP contribution >= 0.6 is 50.5 Å². The number of benzene rings is 1. The predicted molar refractivity (Wildman–Crippen MR) is 145 cm³/mol. The molecule has 2 amide bonds. The van der Waals surface area contributed by atoms with E-state index in [0.29, 0.717) is 21.8 Å². The molecule has 0 saturated carbocycles. The number of carbonyl (C=O) groups is 2. The number of thiophene rings is 1. The molecule has 36 heavy (non-hydrogen) atoms. The van der Waals surface area contributed by atoms with E-state index in [4.69, 9.17) is 27.9 Å². The van der Waals surface area contributed by atoms with E-state index in [2.05, 4.69) is 36.6 Å². The van der Waals surface area contributed by atoms with E-state index < -0.39 is 5.91 Å². The fourth-order valence-corrected chi connectivity index (χ4v) is 4.81. The van der Waals surface area contributed by atoms with Gasteiger partial charge >= 0.3 is 0 Å². The Kier molecular flexibility index (Phi) is 8.30. The van der Waals surface area contributed by atoms with Gasteiger partial charge < -0.3 is 15.4 Å². The maximum Gasteiger partial charge on any atom is 0.274 e. The highest BCUT2D eigenvalue weighted by Crippen LogP contribution is 2.32. The SMILES string of the molecule is CC(C)CNC(=O)c1cc(Cl)cc(Br)c1NC(=O)c1cc(Oc2ccsc2)nn1-c1ncccc1Cl. The van der Waals surface area contributed by atoms with Crippen molar-refractivity contribution < 1.29 is 14.3 Å². The number of ether oxygens (including phenoxy) is 1. The molecule has 0 radical (unpaired) electrons. The number of carbonyl (C=O) groups excluding carboxylic acids is 2. The van der Waals surface area contributed by atoms with Crippen LogP contribution in [0.15, 0.2) is 57.8 Å². The van der Waals surface area contributed by atoms with Crippen LogP contribution in [0.4, 0.5) is 5.69 Å². The van der Waals surface area contributed by atoms with Crippen LogP contribution in [0.25, 0.3) is 5.82 Å². The quantitative estimate of drug-likeness (QED) is 0.228. The van der Waals surface area contributed by atoms with Crippen molar-refractivity contribution in [1.82, 2.24) is 20.1 Å². The number of amides is 2. The average molecular weight is 609 g/mol. The molecule has 2 N–H and O–H groups in total. The highest BCUT2D eigenvalue weighted by Gasteiger charge is 2.24. The van der Waals surface area contributed by atoms with E-state index in [9.17, 15) is 9.59 Å². The van der Waals surface area contributed by atoms with Gasteiger partial charge in [0.1, 0.15) is 11.4 Å². The summed E-state index contributed by atoms with van der Waals surface area (Å²) < 4.78 is 7.53. The zero-order valence-electron chi connectivity index (χ0n) is 19.1. The van der Waals surface area contributed by atoms with Crippen molar-refractivity contribution >= 4 is 68.0 Å². The van der Waals surface area contributed by atoms with Crippen LogP contribution in [0.1, 0.15) is 34.7 Å². The van der Waals surface area contributed by atoms with Crippen LogP contribution in [0.3, 0.4) is 0 Å². The van der Waals surface area contributed by atoms with Gasteiger partial charge in [0.25, 0.3) is 11.8 Å². The Labute approximate surface area is 229 Å². The second-order valence-corrected chi connectivity index (χ2v) is 10.5. The van der Waals surface area contributed by atoms with Gasteiger partial charge in [-0.15, -0.1) is 16.4 Å². The Morgan fingerprint density at radius 2 is 2.00 bits per heavy atom. The molecule has 0 saturated heterocycles. The molecule has 0 bridgehead atoms. The van der Waals surface area contributed by atoms with Crippen molar-refractivity contribution in [3.05, 3.63) is 79.1 Å². The summed E-state index contributed by atoms with van der Waals surface area (Å²) in [7, 11) is 0. The number of rotatable bonds is 8. The number of nitrogens with zero attached hydrogens (tertiary/aromatic N) is 3. The van der Waals surface area contributed by atoms with Gasteiger partial charge in [-0.3, -0.25) is 9.59 Å². The lowest BCUT2D eigenvalue weighted by Gasteiger charge is -2.15. The van der Waals surface area contributed by atoms with Crippen molar-refractivity contribution in [3.8, 4) is 17.4 Å². The van der Waals surface area contributed by atoms with E-state index >= 15 is 0 Å². The first-order valence-corrected chi connectivity index (χ1v) is 13.2. The molecule has 0 aliphatic carbocycles. The molecule has 8 nitrogen and oxygen atoms in total. The van der Waals surface area contributed by atoms with Crippen molar-refractivity contribution in [1.29, 1.82) is 0 Å². The van der Waals surface area contributed by atoms with Crippen LogP contribution in [-0.4, -0.2) is 33.1 Å². The third-order valence-corrected chi connectivity index (χ3v) is 6.59. The van der Waals surface area contributed by atoms with Crippen molar-refractivity contribution in [2.45, 2.75) is 13.8 Å². The van der Waals surface area contributed by atoms with Gasteiger partial charge in [0, 0.05) is 33.7 Å². The average Bonchev–Trinajstić information content (AvgIpc) is 3.49. The van der Waals surface area contributed by atoms with E-state index in [1.54, 1.807) is 29.6 Å². The van der Waals surface area contributed by atoms with Gasteiger partial charge in [0.05, 0.1) is 16.3 Å². The minimum absolute atomic E-state index is 0.0937. The van der Waals surface area contributed by atoms with Crippen molar-refractivity contribution in [2.75, 3.05) is 11.9 Å². The minimum Gasteiger partial charge on any atom is -0.437 e. The van der Waals surface area contributed by atoms with Crippen molar-refractivity contribution in [3.63, 3.8) is 0 Å².